The third kappa shape index (κ3) is 3.61. The molecule has 0 saturated carbocycles. The highest BCUT2D eigenvalue weighted by molar-refractivity contribution is 5.91. The Morgan fingerprint density at radius 3 is 2.57 bits per heavy atom. The first-order valence-electron chi connectivity index (χ1n) is 7.27. The lowest BCUT2D eigenvalue weighted by Crippen LogP contribution is -2.47. The average molecular weight is 290 g/mol. The van der Waals surface area contributed by atoms with Gasteiger partial charge >= 0.3 is 0 Å². The van der Waals surface area contributed by atoms with Crippen molar-refractivity contribution < 1.29 is 14.7 Å². The zero-order valence-electron chi connectivity index (χ0n) is 12.6. The van der Waals surface area contributed by atoms with Crippen LogP contribution in [0.5, 0.6) is 0 Å². The Morgan fingerprint density at radius 1 is 1.33 bits per heavy atom. The zero-order chi connectivity index (χ0) is 15.5. The lowest BCUT2D eigenvalue weighted by atomic mass is 9.95. The highest BCUT2D eigenvalue weighted by Crippen LogP contribution is 2.19. The molecule has 5 heteroatoms. The first kappa shape index (κ1) is 15.5. The Hall–Kier alpha value is -1.88. The van der Waals surface area contributed by atoms with Gasteiger partial charge in [0.15, 0.2) is 0 Å². The minimum atomic E-state index is -1.44. The molecule has 0 unspecified atom stereocenters. The molecule has 1 aromatic rings. The molecule has 1 atom stereocenters. The third-order valence-electron chi connectivity index (χ3n) is 3.89. The van der Waals surface area contributed by atoms with Crippen molar-refractivity contribution >= 4 is 11.8 Å². The van der Waals surface area contributed by atoms with Crippen LogP contribution >= 0.6 is 0 Å². The molecule has 1 aliphatic heterocycles. The summed E-state index contributed by atoms with van der Waals surface area (Å²) in [5, 5.41) is 10.4. The molecular formula is C16H22N2O3. The van der Waals surface area contributed by atoms with E-state index in [1.165, 1.54) is 11.8 Å². The minimum absolute atomic E-state index is 0.0637. The number of hydrogen-bond acceptors (Lipinski definition) is 3. The number of aliphatic hydroxyl groups is 1. The Kier molecular flexibility index (Phi) is 4.63. The van der Waals surface area contributed by atoms with Crippen LogP contribution in [0.25, 0.3) is 0 Å². The van der Waals surface area contributed by atoms with Gasteiger partial charge < -0.3 is 14.9 Å². The second-order valence-corrected chi connectivity index (χ2v) is 5.65. The second kappa shape index (κ2) is 6.26. The van der Waals surface area contributed by atoms with E-state index < -0.39 is 5.60 Å². The normalized spacial score (nSPS) is 18.0. The zero-order valence-corrected chi connectivity index (χ0v) is 12.6. The number of aryl methyl sites for hydroxylation is 1. The molecule has 1 fully saturated rings. The summed E-state index contributed by atoms with van der Waals surface area (Å²) < 4.78 is 0. The number of nitrogens with zero attached hydrogens (tertiary/aromatic N) is 2. The van der Waals surface area contributed by atoms with Crippen LogP contribution < -0.4 is 0 Å². The Morgan fingerprint density at radius 2 is 2.00 bits per heavy atom. The summed E-state index contributed by atoms with van der Waals surface area (Å²) in [6.45, 7) is 4.31. The highest BCUT2D eigenvalue weighted by atomic mass is 16.3. The lowest BCUT2D eigenvalue weighted by Gasteiger charge is -2.27. The van der Waals surface area contributed by atoms with Crippen LogP contribution in [0.1, 0.15) is 25.8 Å². The maximum absolute atomic E-state index is 12.4. The van der Waals surface area contributed by atoms with Gasteiger partial charge in [0.25, 0.3) is 5.91 Å². The van der Waals surface area contributed by atoms with Crippen LogP contribution in [0.4, 0.5) is 0 Å². The van der Waals surface area contributed by atoms with Gasteiger partial charge in [-0.05, 0) is 32.3 Å². The molecule has 0 bridgehead atoms. The van der Waals surface area contributed by atoms with Gasteiger partial charge in [0, 0.05) is 6.54 Å². The molecule has 5 nitrogen and oxygen atoms in total. The van der Waals surface area contributed by atoms with Crippen molar-refractivity contribution in [3.05, 3.63) is 35.9 Å². The summed E-state index contributed by atoms with van der Waals surface area (Å²) >= 11 is 0. The first-order valence-corrected chi connectivity index (χ1v) is 7.27. The number of benzene rings is 1. The van der Waals surface area contributed by atoms with E-state index >= 15 is 0 Å². The van der Waals surface area contributed by atoms with Crippen molar-refractivity contribution in [2.75, 3.05) is 19.8 Å². The molecule has 0 spiro atoms. The van der Waals surface area contributed by atoms with Gasteiger partial charge in [-0.3, -0.25) is 9.59 Å². The van der Waals surface area contributed by atoms with Crippen LogP contribution in [-0.2, 0) is 16.0 Å². The van der Waals surface area contributed by atoms with Gasteiger partial charge in [-0.25, -0.2) is 0 Å². The van der Waals surface area contributed by atoms with Crippen molar-refractivity contribution in [1.82, 2.24) is 9.80 Å². The predicted octanol–water partition coefficient (Wildman–Crippen LogP) is 1.02. The predicted molar refractivity (Wildman–Crippen MR) is 79.4 cm³/mol. The van der Waals surface area contributed by atoms with Crippen molar-refractivity contribution in [3.63, 3.8) is 0 Å². The molecule has 1 aliphatic rings. The van der Waals surface area contributed by atoms with Gasteiger partial charge in [-0.2, -0.15) is 0 Å². The minimum Gasteiger partial charge on any atom is -0.380 e. The summed E-state index contributed by atoms with van der Waals surface area (Å²) in [7, 11) is 0. The Bertz CT molecular complexity index is 514. The second-order valence-electron chi connectivity index (χ2n) is 5.65. The highest BCUT2D eigenvalue weighted by Gasteiger charge is 2.39. The maximum atomic E-state index is 12.4. The van der Waals surface area contributed by atoms with Crippen LogP contribution in [0.2, 0.25) is 0 Å². The largest absolute Gasteiger partial charge is 0.380 e. The number of rotatable bonds is 5. The van der Waals surface area contributed by atoms with Crippen LogP contribution in [0.3, 0.4) is 0 Å². The summed E-state index contributed by atoms with van der Waals surface area (Å²) in [6, 6.07) is 9.74. The fourth-order valence-electron chi connectivity index (χ4n) is 2.49. The fraction of sp³-hybridized carbons (Fsp3) is 0.500. The van der Waals surface area contributed by atoms with Crippen LogP contribution in [-0.4, -0.2) is 52.1 Å². The SMILES string of the molecule is CCN1CN(C(=O)[C@](C)(O)CCc2ccccc2)CC1=O. The van der Waals surface area contributed by atoms with E-state index in [0.29, 0.717) is 19.4 Å². The molecule has 2 rings (SSSR count). The van der Waals surface area contributed by atoms with Crippen LogP contribution in [0, 0.1) is 0 Å². The van der Waals surface area contributed by atoms with Crippen molar-refractivity contribution in [2.24, 2.45) is 0 Å². The topological polar surface area (TPSA) is 60.9 Å². The number of amides is 2. The standard InChI is InChI=1S/C16H22N2O3/c1-3-17-12-18(11-14(17)19)15(20)16(2,21)10-9-13-7-5-4-6-8-13/h4-8,21H,3,9-12H2,1-2H3/t16-/m1/s1. The number of carbonyl (C=O) groups is 2. The van der Waals surface area contributed by atoms with E-state index in [0.717, 1.165) is 5.56 Å². The van der Waals surface area contributed by atoms with Crippen molar-refractivity contribution in [2.45, 2.75) is 32.3 Å². The van der Waals surface area contributed by atoms with E-state index in [2.05, 4.69) is 0 Å². The summed E-state index contributed by atoms with van der Waals surface area (Å²) in [5.41, 5.74) is -0.363. The van der Waals surface area contributed by atoms with Gasteiger partial charge in [0.05, 0.1) is 6.67 Å². The Balaban J connectivity index is 1.96. The van der Waals surface area contributed by atoms with E-state index in [-0.39, 0.29) is 25.0 Å². The van der Waals surface area contributed by atoms with Gasteiger partial charge in [-0.15, -0.1) is 0 Å². The average Bonchev–Trinajstić information content (AvgIpc) is 2.86. The van der Waals surface area contributed by atoms with E-state index in [9.17, 15) is 14.7 Å². The van der Waals surface area contributed by atoms with Gasteiger partial charge in [0.2, 0.25) is 5.91 Å². The molecule has 1 N–H and O–H groups in total. The maximum Gasteiger partial charge on any atom is 0.256 e. The van der Waals surface area contributed by atoms with Crippen molar-refractivity contribution in [1.29, 1.82) is 0 Å². The monoisotopic (exact) mass is 290 g/mol. The molecule has 1 aromatic carbocycles. The third-order valence-corrected chi connectivity index (χ3v) is 3.89. The molecule has 1 heterocycles. The number of hydrogen-bond donors (Lipinski definition) is 1. The van der Waals surface area contributed by atoms with E-state index in [1.807, 2.05) is 37.3 Å². The fourth-order valence-corrected chi connectivity index (χ4v) is 2.49. The number of likely N-dealkylation sites (N-methyl/N-ethyl adjacent to an activating group) is 1. The molecule has 0 aromatic heterocycles. The molecule has 0 radical (unpaired) electrons. The van der Waals surface area contributed by atoms with Crippen LogP contribution in [0.15, 0.2) is 30.3 Å². The smallest absolute Gasteiger partial charge is 0.256 e. The van der Waals surface area contributed by atoms with E-state index in [1.54, 1.807) is 4.90 Å². The van der Waals surface area contributed by atoms with Gasteiger partial charge in [-0.1, -0.05) is 30.3 Å². The summed E-state index contributed by atoms with van der Waals surface area (Å²) in [4.78, 5) is 27.1. The van der Waals surface area contributed by atoms with Crippen molar-refractivity contribution in [3.8, 4) is 0 Å². The summed E-state index contributed by atoms with van der Waals surface area (Å²) in [6.07, 6.45) is 0.964. The first-order chi connectivity index (χ1) is 9.94. The number of carbonyl (C=O) groups excluding carboxylic acids is 2. The molecule has 1 saturated heterocycles. The Labute approximate surface area is 125 Å². The molecule has 0 aliphatic carbocycles. The molecule has 2 amide bonds. The molecule has 21 heavy (non-hydrogen) atoms. The van der Waals surface area contributed by atoms with E-state index in [4.69, 9.17) is 0 Å². The quantitative estimate of drug-likeness (QED) is 0.880. The molecule has 114 valence electrons. The lowest BCUT2D eigenvalue weighted by molar-refractivity contribution is -0.149. The van der Waals surface area contributed by atoms with Gasteiger partial charge in [0.1, 0.15) is 12.1 Å². The molecular weight excluding hydrogens is 268 g/mol. The summed E-state index contributed by atoms with van der Waals surface area (Å²) in [5.74, 6) is -0.438.